The molecule has 0 radical (unpaired) electrons. The molecule has 0 aliphatic carbocycles. The first kappa shape index (κ1) is 13.8. The van der Waals surface area contributed by atoms with Gasteiger partial charge < -0.3 is 5.11 Å². The van der Waals surface area contributed by atoms with Crippen molar-refractivity contribution >= 4 is 27.3 Å². The highest BCUT2D eigenvalue weighted by Crippen LogP contribution is 2.22. The number of rotatable bonds is 4. The summed E-state index contributed by atoms with van der Waals surface area (Å²) in [6.07, 6.45) is 1.02. The van der Waals surface area contributed by atoms with E-state index in [0.717, 1.165) is 15.9 Å². The fourth-order valence-electron chi connectivity index (χ4n) is 2.11. The summed E-state index contributed by atoms with van der Waals surface area (Å²) in [5.41, 5.74) is 3.32. The zero-order valence-electron chi connectivity index (χ0n) is 10.8. The number of aliphatic hydroxyl groups is 1. The van der Waals surface area contributed by atoms with Crippen LogP contribution in [-0.4, -0.2) is 21.0 Å². The van der Waals surface area contributed by atoms with Gasteiger partial charge in [-0.1, -0.05) is 0 Å². The van der Waals surface area contributed by atoms with Crippen LogP contribution in [0.1, 0.15) is 21.8 Å². The molecule has 1 unspecified atom stereocenters. The predicted molar refractivity (Wildman–Crippen MR) is 78.1 cm³/mol. The van der Waals surface area contributed by atoms with E-state index in [1.54, 1.807) is 11.3 Å². The van der Waals surface area contributed by atoms with E-state index >= 15 is 0 Å². The van der Waals surface area contributed by atoms with Gasteiger partial charge in [0.15, 0.2) is 0 Å². The third-order valence-corrected chi connectivity index (χ3v) is 4.88. The molecule has 2 heterocycles. The Morgan fingerprint density at radius 1 is 1.44 bits per heavy atom. The minimum Gasteiger partial charge on any atom is -0.392 e. The monoisotopic (exact) mass is 328 g/mol. The smallest absolute Gasteiger partial charge is 0.0630 e. The zero-order valence-corrected chi connectivity index (χ0v) is 13.2. The summed E-state index contributed by atoms with van der Waals surface area (Å²) in [4.78, 5) is 1.20. The van der Waals surface area contributed by atoms with Crippen LogP contribution < -0.4 is 0 Å². The fourth-order valence-corrected chi connectivity index (χ4v) is 3.64. The van der Waals surface area contributed by atoms with Crippen LogP contribution >= 0.6 is 27.3 Å². The Hall–Kier alpha value is -0.650. The molecule has 0 spiro atoms. The minimum absolute atomic E-state index is 0.350. The Bertz CT molecular complexity index is 547. The Labute approximate surface area is 120 Å². The number of halogens is 1. The van der Waals surface area contributed by atoms with Crippen LogP contribution in [0.15, 0.2) is 15.9 Å². The van der Waals surface area contributed by atoms with Gasteiger partial charge in [-0.3, -0.25) is 4.68 Å². The van der Waals surface area contributed by atoms with Crippen LogP contribution in [0, 0.1) is 13.8 Å². The van der Waals surface area contributed by atoms with Gasteiger partial charge >= 0.3 is 0 Å². The van der Waals surface area contributed by atoms with Crippen LogP contribution in [0.4, 0.5) is 0 Å². The van der Waals surface area contributed by atoms with Gasteiger partial charge in [-0.2, -0.15) is 5.10 Å². The van der Waals surface area contributed by atoms with Crippen molar-refractivity contribution in [3.05, 3.63) is 37.7 Å². The van der Waals surface area contributed by atoms with Crippen molar-refractivity contribution in [1.29, 1.82) is 0 Å². The van der Waals surface area contributed by atoms with Gasteiger partial charge in [0.25, 0.3) is 0 Å². The average molecular weight is 329 g/mol. The Morgan fingerprint density at radius 2 is 2.17 bits per heavy atom. The number of thiophene rings is 1. The SMILES string of the molecule is Cc1nn(C)c(C)c1CC(O)Cc1cc(Br)cs1. The number of hydrogen-bond acceptors (Lipinski definition) is 3. The van der Waals surface area contributed by atoms with Crippen LogP contribution in [-0.2, 0) is 19.9 Å². The first-order valence-corrected chi connectivity index (χ1v) is 7.54. The van der Waals surface area contributed by atoms with Gasteiger partial charge in [0.2, 0.25) is 0 Å². The average Bonchev–Trinajstić information content (AvgIpc) is 2.78. The molecule has 0 saturated carbocycles. The van der Waals surface area contributed by atoms with Gasteiger partial charge in [0.05, 0.1) is 11.8 Å². The molecule has 18 heavy (non-hydrogen) atoms. The third kappa shape index (κ3) is 3.02. The summed E-state index contributed by atoms with van der Waals surface area (Å²) in [6.45, 7) is 4.04. The number of hydrogen-bond donors (Lipinski definition) is 1. The summed E-state index contributed by atoms with van der Waals surface area (Å²) in [6, 6.07) is 2.07. The van der Waals surface area contributed by atoms with E-state index in [1.807, 2.05) is 31.0 Å². The minimum atomic E-state index is -0.350. The number of aliphatic hydroxyl groups excluding tert-OH is 1. The Balaban J connectivity index is 2.05. The zero-order chi connectivity index (χ0) is 13.3. The van der Waals surface area contributed by atoms with E-state index in [0.29, 0.717) is 12.8 Å². The lowest BCUT2D eigenvalue weighted by molar-refractivity contribution is 0.176. The van der Waals surface area contributed by atoms with E-state index in [2.05, 4.69) is 27.1 Å². The van der Waals surface area contributed by atoms with Gasteiger partial charge in [0, 0.05) is 40.3 Å². The topological polar surface area (TPSA) is 38.0 Å². The molecule has 0 aliphatic heterocycles. The molecule has 98 valence electrons. The number of aromatic nitrogens is 2. The summed E-state index contributed by atoms with van der Waals surface area (Å²) in [7, 11) is 1.94. The second-order valence-electron chi connectivity index (χ2n) is 4.57. The number of nitrogens with zero attached hydrogens (tertiary/aromatic N) is 2. The molecular weight excluding hydrogens is 312 g/mol. The molecule has 0 saturated heterocycles. The molecule has 0 aliphatic rings. The summed E-state index contributed by atoms with van der Waals surface area (Å²) in [5.74, 6) is 0. The van der Waals surface area contributed by atoms with Gasteiger partial charge in [-0.15, -0.1) is 11.3 Å². The van der Waals surface area contributed by atoms with Crippen LogP contribution in [0.2, 0.25) is 0 Å². The second-order valence-corrected chi connectivity index (χ2v) is 6.48. The molecule has 2 rings (SSSR count). The summed E-state index contributed by atoms with van der Waals surface area (Å²) in [5, 5.41) is 16.6. The summed E-state index contributed by atoms with van der Waals surface area (Å²) < 4.78 is 2.96. The van der Waals surface area contributed by atoms with E-state index in [4.69, 9.17) is 0 Å². The van der Waals surface area contributed by atoms with Crippen molar-refractivity contribution < 1.29 is 5.11 Å². The summed E-state index contributed by atoms with van der Waals surface area (Å²) >= 11 is 5.11. The molecule has 0 aromatic carbocycles. The molecule has 3 nitrogen and oxygen atoms in total. The molecule has 0 fully saturated rings. The van der Waals surface area contributed by atoms with Crippen molar-refractivity contribution in [2.24, 2.45) is 7.05 Å². The lowest BCUT2D eigenvalue weighted by atomic mass is 10.0. The van der Waals surface area contributed by atoms with Gasteiger partial charge in [-0.05, 0) is 41.4 Å². The van der Waals surface area contributed by atoms with Crippen molar-refractivity contribution in [1.82, 2.24) is 9.78 Å². The normalized spacial score (nSPS) is 12.9. The predicted octanol–water partition coefficient (Wildman–Crippen LogP) is 3.01. The van der Waals surface area contributed by atoms with Gasteiger partial charge in [0.1, 0.15) is 0 Å². The molecule has 2 aromatic rings. The largest absolute Gasteiger partial charge is 0.392 e. The van der Waals surface area contributed by atoms with Crippen molar-refractivity contribution in [3.63, 3.8) is 0 Å². The molecule has 0 amide bonds. The quantitative estimate of drug-likeness (QED) is 0.936. The molecular formula is C13H17BrN2OS. The van der Waals surface area contributed by atoms with Crippen molar-refractivity contribution in [2.45, 2.75) is 32.8 Å². The van der Waals surface area contributed by atoms with Crippen LogP contribution in [0.25, 0.3) is 0 Å². The van der Waals surface area contributed by atoms with Crippen molar-refractivity contribution in [3.8, 4) is 0 Å². The highest BCUT2D eigenvalue weighted by molar-refractivity contribution is 9.10. The maximum absolute atomic E-state index is 10.2. The second kappa shape index (κ2) is 5.55. The van der Waals surface area contributed by atoms with E-state index in [-0.39, 0.29) is 6.10 Å². The first-order chi connectivity index (χ1) is 8.47. The number of aryl methyl sites for hydroxylation is 2. The fraction of sp³-hybridized carbons (Fsp3) is 0.462. The molecule has 0 bridgehead atoms. The van der Waals surface area contributed by atoms with Crippen LogP contribution in [0.5, 0.6) is 0 Å². The van der Waals surface area contributed by atoms with Crippen molar-refractivity contribution in [2.75, 3.05) is 0 Å². The maximum atomic E-state index is 10.2. The van der Waals surface area contributed by atoms with E-state index < -0.39 is 0 Å². The highest BCUT2D eigenvalue weighted by atomic mass is 79.9. The lowest BCUT2D eigenvalue weighted by Gasteiger charge is -2.09. The lowest BCUT2D eigenvalue weighted by Crippen LogP contribution is -2.14. The molecule has 5 heteroatoms. The van der Waals surface area contributed by atoms with Crippen LogP contribution in [0.3, 0.4) is 0 Å². The Kier molecular flexibility index (Phi) is 4.25. The third-order valence-electron chi connectivity index (χ3n) is 3.16. The van der Waals surface area contributed by atoms with E-state index in [1.165, 1.54) is 10.4 Å². The van der Waals surface area contributed by atoms with E-state index in [9.17, 15) is 5.11 Å². The molecule has 1 atom stereocenters. The molecule has 2 aromatic heterocycles. The standard InChI is InChI=1S/C13H17BrN2OS/c1-8-13(9(2)16(3)15-8)6-11(17)5-12-4-10(14)7-18-12/h4,7,11,17H,5-6H2,1-3H3. The van der Waals surface area contributed by atoms with Gasteiger partial charge in [-0.25, -0.2) is 0 Å². The first-order valence-electron chi connectivity index (χ1n) is 5.87. The molecule has 1 N–H and O–H groups in total. The Morgan fingerprint density at radius 3 is 2.67 bits per heavy atom. The highest BCUT2D eigenvalue weighted by Gasteiger charge is 2.15. The maximum Gasteiger partial charge on any atom is 0.0630 e.